The van der Waals surface area contributed by atoms with Crippen molar-refractivity contribution < 1.29 is 9.47 Å². The molecule has 0 bridgehead atoms. The van der Waals surface area contributed by atoms with Crippen LogP contribution in [0.3, 0.4) is 0 Å². The van der Waals surface area contributed by atoms with Crippen molar-refractivity contribution in [1.82, 2.24) is 4.98 Å². The van der Waals surface area contributed by atoms with E-state index in [9.17, 15) is 0 Å². The number of halogens is 1. The van der Waals surface area contributed by atoms with Crippen molar-refractivity contribution in [2.75, 3.05) is 6.61 Å². The smallest absolute Gasteiger partial charge is 0.219 e. The molecule has 118 valence electrons. The highest BCUT2D eigenvalue weighted by atomic mass is 35.5. The van der Waals surface area contributed by atoms with Gasteiger partial charge in [0.2, 0.25) is 5.88 Å². The Kier molecular flexibility index (Phi) is 5.43. The van der Waals surface area contributed by atoms with Gasteiger partial charge in [-0.15, -0.1) is 0 Å². The average Bonchev–Trinajstić information content (AvgIpc) is 2.41. The molecule has 3 nitrogen and oxygen atoms in total. The van der Waals surface area contributed by atoms with Crippen LogP contribution in [0.15, 0.2) is 36.4 Å². The fourth-order valence-corrected chi connectivity index (χ4v) is 2.13. The predicted octanol–water partition coefficient (Wildman–Crippen LogP) is 5.40. The van der Waals surface area contributed by atoms with E-state index in [0.29, 0.717) is 29.9 Å². The summed E-state index contributed by atoms with van der Waals surface area (Å²) in [4.78, 5) is 4.45. The Bertz CT molecular complexity index is 635. The maximum absolute atomic E-state index is 6.18. The van der Waals surface area contributed by atoms with Gasteiger partial charge < -0.3 is 9.47 Å². The van der Waals surface area contributed by atoms with Crippen LogP contribution in [0.5, 0.6) is 11.6 Å². The summed E-state index contributed by atoms with van der Waals surface area (Å²) >= 11 is 6.18. The first-order valence-corrected chi connectivity index (χ1v) is 7.69. The van der Waals surface area contributed by atoms with E-state index in [1.807, 2.05) is 43.3 Å². The van der Waals surface area contributed by atoms with Crippen LogP contribution in [-0.4, -0.2) is 11.6 Å². The van der Waals surface area contributed by atoms with Gasteiger partial charge >= 0.3 is 0 Å². The normalized spacial score (nSPS) is 11.5. The van der Waals surface area contributed by atoms with Gasteiger partial charge in [0.25, 0.3) is 0 Å². The molecule has 0 N–H and O–H groups in total. The maximum atomic E-state index is 6.18. The topological polar surface area (TPSA) is 31.4 Å². The van der Waals surface area contributed by atoms with Crippen molar-refractivity contribution in [3.05, 3.63) is 52.7 Å². The Labute approximate surface area is 137 Å². The second kappa shape index (κ2) is 7.12. The third-order valence-corrected chi connectivity index (χ3v) is 3.16. The minimum atomic E-state index is 0.142. The van der Waals surface area contributed by atoms with Crippen molar-refractivity contribution in [2.24, 2.45) is 5.41 Å². The van der Waals surface area contributed by atoms with E-state index in [0.717, 1.165) is 11.3 Å². The lowest BCUT2D eigenvalue weighted by Gasteiger charge is -2.17. The molecule has 22 heavy (non-hydrogen) atoms. The first kappa shape index (κ1) is 16.8. The third-order valence-electron chi connectivity index (χ3n) is 2.87. The molecule has 0 unspecified atom stereocenters. The van der Waals surface area contributed by atoms with Gasteiger partial charge in [-0.2, -0.15) is 0 Å². The maximum Gasteiger partial charge on any atom is 0.219 e. The summed E-state index contributed by atoms with van der Waals surface area (Å²) < 4.78 is 11.4. The molecule has 0 aliphatic rings. The summed E-state index contributed by atoms with van der Waals surface area (Å²) in [6.07, 6.45) is 0. The van der Waals surface area contributed by atoms with Crippen molar-refractivity contribution in [3.8, 4) is 11.6 Å². The summed E-state index contributed by atoms with van der Waals surface area (Å²) in [5.41, 5.74) is 2.07. The van der Waals surface area contributed by atoms with E-state index in [2.05, 4.69) is 25.8 Å². The second-order valence-corrected chi connectivity index (χ2v) is 6.96. The molecule has 4 heteroatoms. The van der Waals surface area contributed by atoms with Gasteiger partial charge in [0.1, 0.15) is 5.75 Å². The predicted molar refractivity (Wildman–Crippen MR) is 89.6 cm³/mol. The minimum absolute atomic E-state index is 0.142. The number of hydrogen-bond donors (Lipinski definition) is 0. The van der Waals surface area contributed by atoms with Gasteiger partial charge in [-0.05, 0) is 36.1 Å². The minimum Gasteiger partial charge on any atom is -0.437 e. The number of hydrogen-bond acceptors (Lipinski definition) is 3. The molecule has 0 saturated carbocycles. The summed E-state index contributed by atoms with van der Waals surface area (Å²) in [6, 6.07) is 11.3. The van der Waals surface area contributed by atoms with Crippen LogP contribution in [0, 0.1) is 12.3 Å². The van der Waals surface area contributed by atoms with Crippen molar-refractivity contribution >= 4 is 11.6 Å². The van der Waals surface area contributed by atoms with Crippen molar-refractivity contribution in [2.45, 2.75) is 34.3 Å². The summed E-state index contributed by atoms with van der Waals surface area (Å²) in [5, 5.41) is 0.580. The Morgan fingerprint density at radius 3 is 2.59 bits per heavy atom. The summed E-state index contributed by atoms with van der Waals surface area (Å²) in [6.45, 7) is 9.55. The molecular weight excluding hydrogens is 298 g/mol. The number of aromatic nitrogens is 1. The molecule has 0 radical (unpaired) electrons. The van der Waals surface area contributed by atoms with E-state index in [-0.39, 0.29) is 5.41 Å². The fraction of sp³-hybridized carbons (Fsp3) is 0.389. The number of ether oxygens (including phenoxy) is 2. The highest BCUT2D eigenvalue weighted by Gasteiger charge is 2.10. The van der Waals surface area contributed by atoms with E-state index < -0.39 is 0 Å². The molecule has 0 amide bonds. The van der Waals surface area contributed by atoms with E-state index >= 15 is 0 Å². The van der Waals surface area contributed by atoms with Gasteiger partial charge in [0, 0.05) is 6.07 Å². The molecule has 1 aromatic heterocycles. The molecule has 0 aliphatic carbocycles. The van der Waals surface area contributed by atoms with Gasteiger partial charge in [-0.25, -0.2) is 4.98 Å². The van der Waals surface area contributed by atoms with Gasteiger partial charge in [0.15, 0.2) is 0 Å². The fourth-order valence-electron chi connectivity index (χ4n) is 1.86. The zero-order valence-electron chi connectivity index (χ0n) is 13.5. The number of nitrogens with zero attached hydrogens (tertiary/aromatic N) is 1. The Morgan fingerprint density at radius 2 is 1.91 bits per heavy atom. The lowest BCUT2D eigenvalue weighted by molar-refractivity contribution is 0.0579. The summed E-state index contributed by atoms with van der Waals surface area (Å²) in [5.74, 6) is 1.12. The van der Waals surface area contributed by atoms with Crippen LogP contribution in [0.2, 0.25) is 5.02 Å². The molecule has 2 aromatic rings. The largest absolute Gasteiger partial charge is 0.437 e. The van der Waals surface area contributed by atoms with E-state index in [1.165, 1.54) is 0 Å². The standard InChI is InChI=1S/C18H22ClNO2/c1-13-8-9-16(15(19)10-13)22-17-7-5-6-14(20-17)11-21-12-18(2,3)4/h5-10H,11-12H2,1-4H3. The van der Waals surface area contributed by atoms with Crippen molar-refractivity contribution in [3.63, 3.8) is 0 Å². The summed E-state index contributed by atoms with van der Waals surface area (Å²) in [7, 11) is 0. The Balaban J connectivity index is 2.02. The zero-order chi connectivity index (χ0) is 16.2. The number of rotatable bonds is 5. The lowest BCUT2D eigenvalue weighted by atomic mass is 9.99. The molecule has 0 spiro atoms. The van der Waals surface area contributed by atoms with Crippen LogP contribution in [0.1, 0.15) is 32.0 Å². The molecule has 1 heterocycles. The molecule has 2 rings (SSSR count). The quantitative estimate of drug-likeness (QED) is 0.739. The molecule has 0 aliphatic heterocycles. The third kappa shape index (κ3) is 5.32. The van der Waals surface area contributed by atoms with Crippen LogP contribution in [-0.2, 0) is 11.3 Å². The van der Waals surface area contributed by atoms with Crippen LogP contribution in [0.4, 0.5) is 0 Å². The highest BCUT2D eigenvalue weighted by molar-refractivity contribution is 6.32. The molecular formula is C18H22ClNO2. The van der Waals surface area contributed by atoms with Gasteiger partial charge in [-0.3, -0.25) is 0 Å². The zero-order valence-corrected chi connectivity index (χ0v) is 14.3. The van der Waals surface area contributed by atoms with E-state index in [4.69, 9.17) is 21.1 Å². The Hall–Kier alpha value is -1.58. The monoisotopic (exact) mass is 319 g/mol. The first-order valence-electron chi connectivity index (χ1n) is 7.31. The molecule has 0 saturated heterocycles. The number of pyridine rings is 1. The van der Waals surface area contributed by atoms with E-state index in [1.54, 1.807) is 0 Å². The van der Waals surface area contributed by atoms with Crippen LogP contribution < -0.4 is 4.74 Å². The lowest BCUT2D eigenvalue weighted by Crippen LogP contribution is -2.14. The highest BCUT2D eigenvalue weighted by Crippen LogP contribution is 2.29. The molecule has 1 aromatic carbocycles. The van der Waals surface area contributed by atoms with Crippen molar-refractivity contribution in [1.29, 1.82) is 0 Å². The van der Waals surface area contributed by atoms with Gasteiger partial charge in [0.05, 0.1) is 23.9 Å². The molecule has 0 fully saturated rings. The van der Waals surface area contributed by atoms with Gasteiger partial charge in [-0.1, -0.05) is 44.5 Å². The number of benzene rings is 1. The van der Waals surface area contributed by atoms with Crippen LogP contribution in [0.25, 0.3) is 0 Å². The first-order chi connectivity index (χ1) is 10.3. The SMILES string of the molecule is Cc1ccc(Oc2cccc(COCC(C)(C)C)n2)c(Cl)c1. The second-order valence-electron chi connectivity index (χ2n) is 6.56. The average molecular weight is 320 g/mol. The Morgan fingerprint density at radius 1 is 1.14 bits per heavy atom. The molecule has 0 atom stereocenters. The number of aryl methyl sites for hydroxylation is 1. The van der Waals surface area contributed by atoms with Crippen LogP contribution >= 0.6 is 11.6 Å².